The van der Waals surface area contributed by atoms with Crippen molar-refractivity contribution in [2.45, 2.75) is 36.6 Å². The fourth-order valence-electron chi connectivity index (χ4n) is 2.48. The maximum atomic E-state index is 11.9. The van der Waals surface area contributed by atoms with Gasteiger partial charge in [-0.05, 0) is 37.0 Å². The summed E-state index contributed by atoms with van der Waals surface area (Å²) in [5.74, 6) is 0.340. The molecule has 2 heterocycles. The van der Waals surface area contributed by atoms with Crippen LogP contribution in [0, 0.1) is 0 Å². The first-order chi connectivity index (χ1) is 12.2. The summed E-state index contributed by atoms with van der Waals surface area (Å²) in [6, 6.07) is 8.26. The first-order valence-corrected chi connectivity index (χ1v) is 10.2. The standard InChI is InChI=1S/C17H22N4O2S2/c1-2-12-5-7-13(8-6-12)19-16-20-21-17(25-16)24-11-15(22)18-10-14-4-3-9-23-14/h5-8,14H,2-4,9-11H2,1H3,(H,18,22)(H,19,20)/t14-/m1/s1. The lowest BCUT2D eigenvalue weighted by molar-refractivity contribution is -0.119. The van der Waals surface area contributed by atoms with Crippen molar-refractivity contribution in [3.05, 3.63) is 29.8 Å². The van der Waals surface area contributed by atoms with Crippen molar-refractivity contribution in [2.75, 3.05) is 24.2 Å². The van der Waals surface area contributed by atoms with Gasteiger partial charge in [-0.15, -0.1) is 10.2 Å². The van der Waals surface area contributed by atoms with E-state index in [9.17, 15) is 4.79 Å². The van der Waals surface area contributed by atoms with Crippen LogP contribution < -0.4 is 10.6 Å². The molecule has 0 radical (unpaired) electrons. The van der Waals surface area contributed by atoms with Gasteiger partial charge in [0.2, 0.25) is 11.0 Å². The second kappa shape index (κ2) is 9.17. The number of anilines is 2. The lowest BCUT2D eigenvalue weighted by atomic mass is 10.1. The van der Waals surface area contributed by atoms with Gasteiger partial charge in [0.15, 0.2) is 4.34 Å². The van der Waals surface area contributed by atoms with E-state index in [1.54, 1.807) is 0 Å². The van der Waals surface area contributed by atoms with Gasteiger partial charge in [-0.1, -0.05) is 42.2 Å². The Balaban J connectivity index is 1.42. The molecule has 8 heteroatoms. The monoisotopic (exact) mass is 378 g/mol. The van der Waals surface area contributed by atoms with Gasteiger partial charge in [0.05, 0.1) is 11.9 Å². The summed E-state index contributed by atoms with van der Waals surface area (Å²) in [5.41, 5.74) is 2.28. The molecule has 2 aromatic rings. The van der Waals surface area contributed by atoms with Crippen molar-refractivity contribution in [1.29, 1.82) is 0 Å². The Morgan fingerprint density at radius 2 is 2.20 bits per heavy atom. The summed E-state index contributed by atoms with van der Waals surface area (Å²) in [7, 11) is 0. The summed E-state index contributed by atoms with van der Waals surface area (Å²) >= 11 is 2.85. The van der Waals surface area contributed by atoms with Crippen LogP contribution in [0.4, 0.5) is 10.8 Å². The van der Waals surface area contributed by atoms with Gasteiger partial charge >= 0.3 is 0 Å². The number of aromatic nitrogens is 2. The minimum Gasteiger partial charge on any atom is -0.376 e. The predicted molar refractivity (Wildman–Crippen MR) is 102 cm³/mol. The number of nitrogens with zero attached hydrogens (tertiary/aromatic N) is 2. The van der Waals surface area contributed by atoms with Gasteiger partial charge in [-0.2, -0.15) is 0 Å². The van der Waals surface area contributed by atoms with Crippen molar-refractivity contribution in [3.8, 4) is 0 Å². The lowest BCUT2D eigenvalue weighted by Gasteiger charge is -2.09. The molecule has 0 bridgehead atoms. The van der Waals surface area contributed by atoms with E-state index < -0.39 is 0 Å². The van der Waals surface area contributed by atoms with Gasteiger partial charge < -0.3 is 15.4 Å². The van der Waals surface area contributed by atoms with Crippen LogP contribution in [0.5, 0.6) is 0 Å². The molecular weight excluding hydrogens is 356 g/mol. The minimum atomic E-state index is 0.000337. The fraction of sp³-hybridized carbons (Fsp3) is 0.471. The molecule has 1 aliphatic heterocycles. The molecule has 2 N–H and O–H groups in total. The second-order valence-corrected chi connectivity index (χ2v) is 7.98. The molecule has 1 aromatic heterocycles. The van der Waals surface area contributed by atoms with Gasteiger partial charge in [0, 0.05) is 18.8 Å². The highest BCUT2D eigenvalue weighted by atomic mass is 32.2. The van der Waals surface area contributed by atoms with Crippen molar-refractivity contribution in [1.82, 2.24) is 15.5 Å². The number of benzene rings is 1. The molecule has 1 atom stereocenters. The van der Waals surface area contributed by atoms with E-state index in [4.69, 9.17) is 4.74 Å². The molecule has 0 saturated carbocycles. The van der Waals surface area contributed by atoms with E-state index >= 15 is 0 Å². The number of ether oxygens (including phenoxy) is 1. The number of rotatable bonds is 8. The van der Waals surface area contributed by atoms with Crippen molar-refractivity contribution < 1.29 is 9.53 Å². The van der Waals surface area contributed by atoms with E-state index in [-0.39, 0.29) is 12.0 Å². The van der Waals surface area contributed by atoms with Crippen molar-refractivity contribution in [3.63, 3.8) is 0 Å². The highest BCUT2D eigenvalue weighted by Gasteiger charge is 2.16. The Kier molecular flexibility index (Phi) is 6.66. The van der Waals surface area contributed by atoms with Gasteiger partial charge in [-0.25, -0.2) is 0 Å². The zero-order valence-corrected chi connectivity index (χ0v) is 15.8. The van der Waals surface area contributed by atoms with Crippen LogP contribution >= 0.6 is 23.1 Å². The highest BCUT2D eigenvalue weighted by molar-refractivity contribution is 8.01. The fourth-order valence-corrected chi connectivity index (χ4v) is 4.08. The Bertz CT molecular complexity index is 684. The summed E-state index contributed by atoms with van der Waals surface area (Å²) < 4.78 is 6.27. The van der Waals surface area contributed by atoms with E-state index in [1.807, 2.05) is 12.1 Å². The molecule has 0 aliphatic carbocycles. The molecule has 1 aromatic carbocycles. The second-order valence-electron chi connectivity index (χ2n) is 5.78. The molecule has 0 spiro atoms. The number of amides is 1. The summed E-state index contributed by atoms with van der Waals surface area (Å²) in [5, 5.41) is 15.1. The van der Waals surface area contributed by atoms with Crippen LogP contribution in [0.1, 0.15) is 25.3 Å². The van der Waals surface area contributed by atoms with Crippen LogP contribution in [0.15, 0.2) is 28.6 Å². The first-order valence-electron chi connectivity index (χ1n) is 8.43. The van der Waals surface area contributed by atoms with Gasteiger partial charge in [0.25, 0.3) is 0 Å². The predicted octanol–water partition coefficient (Wildman–Crippen LogP) is 3.23. The third-order valence-electron chi connectivity index (χ3n) is 3.90. The Hall–Kier alpha value is -1.64. The Morgan fingerprint density at radius 3 is 2.92 bits per heavy atom. The zero-order chi connectivity index (χ0) is 17.5. The van der Waals surface area contributed by atoms with Crippen LogP contribution in [-0.2, 0) is 16.0 Å². The molecule has 134 valence electrons. The third-order valence-corrected chi connectivity index (χ3v) is 5.87. The molecule has 0 unspecified atom stereocenters. The third kappa shape index (κ3) is 5.69. The van der Waals surface area contributed by atoms with Crippen LogP contribution in [0.3, 0.4) is 0 Å². The average molecular weight is 379 g/mol. The van der Waals surface area contributed by atoms with Crippen molar-refractivity contribution in [2.24, 2.45) is 0 Å². The van der Waals surface area contributed by atoms with Gasteiger partial charge in [-0.3, -0.25) is 4.79 Å². The number of aryl methyl sites for hydroxylation is 1. The lowest BCUT2D eigenvalue weighted by Crippen LogP contribution is -2.32. The smallest absolute Gasteiger partial charge is 0.230 e. The summed E-state index contributed by atoms with van der Waals surface area (Å²) in [6.45, 7) is 3.53. The molecule has 1 aliphatic rings. The molecule has 1 saturated heterocycles. The number of hydrogen-bond donors (Lipinski definition) is 2. The molecular formula is C17H22N4O2S2. The first kappa shape index (κ1) is 18.2. The SMILES string of the molecule is CCc1ccc(Nc2nnc(SCC(=O)NC[C@H]3CCCO3)s2)cc1. The topological polar surface area (TPSA) is 76.1 Å². The maximum absolute atomic E-state index is 11.9. The van der Waals surface area contributed by atoms with Gasteiger partial charge in [0.1, 0.15) is 0 Å². The van der Waals surface area contributed by atoms with Crippen LogP contribution in [0.2, 0.25) is 0 Å². The van der Waals surface area contributed by atoms with E-state index in [0.717, 1.165) is 41.0 Å². The molecule has 3 rings (SSSR count). The van der Waals surface area contributed by atoms with E-state index in [1.165, 1.54) is 28.7 Å². The maximum Gasteiger partial charge on any atom is 0.230 e. The minimum absolute atomic E-state index is 0.000337. The van der Waals surface area contributed by atoms with E-state index in [2.05, 4.69) is 39.9 Å². The number of carbonyl (C=O) groups excluding carboxylic acids is 1. The summed E-state index contributed by atoms with van der Waals surface area (Å²) in [6.07, 6.45) is 3.30. The van der Waals surface area contributed by atoms with Crippen LogP contribution in [0.25, 0.3) is 0 Å². The molecule has 25 heavy (non-hydrogen) atoms. The van der Waals surface area contributed by atoms with Crippen LogP contribution in [-0.4, -0.2) is 41.1 Å². The van der Waals surface area contributed by atoms with Crippen molar-refractivity contribution >= 4 is 39.8 Å². The number of nitrogens with one attached hydrogen (secondary N) is 2. The summed E-state index contributed by atoms with van der Waals surface area (Å²) in [4.78, 5) is 11.9. The average Bonchev–Trinajstić information content (AvgIpc) is 3.31. The highest BCUT2D eigenvalue weighted by Crippen LogP contribution is 2.27. The largest absolute Gasteiger partial charge is 0.376 e. The number of hydrogen-bond acceptors (Lipinski definition) is 7. The molecule has 1 fully saturated rings. The normalized spacial score (nSPS) is 16.8. The Labute approximate surface area is 155 Å². The number of thioether (sulfide) groups is 1. The molecule has 1 amide bonds. The number of carbonyl (C=O) groups is 1. The molecule has 6 nitrogen and oxygen atoms in total. The van der Waals surface area contributed by atoms with E-state index in [0.29, 0.717) is 12.3 Å². The quantitative estimate of drug-likeness (QED) is 0.687. The zero-order valence-electron chi connectivity index (χ0n) is 14.2. The Morgan fingerprint density at radius 1 is 1.36 bits per heavy atom.